The van der Waals surface area contributed by atoms with Gasteiger partial charge in [-0.05, 0) is 34.5 Å². The number of ether oxygens (including phenoxy) is 1. The largest absolute Gasteiger partial charge is 0.497 e. The van der Waals surface area contributed by atoms with Crippen LogP contribution in [0.2, 0.25) is 0 Å². The Bertz CT molecular complexity index is 930. The van der Waals surface area contributed by atoms with Crippen LogP contribution in [0.15, 0.2) is 66.7 Å². The Morgan fingerprint density at radius 2 is 1.69 bits per heavy atom. The Morgan fingerprint density at radius 3 is 2.38 bits per heavy atom. The van der Waals surface area contributed by atoms with E-state index in [1.54, 1.807) is 25.3 Å². The number of fused-ring (bicyclic) bond motifs is 1. The Labute approximate surface area is 151 Å². The van der Waals surface area contributed by atoms with Gasteiger partial charge in [0.05, 0.1) is 7.11 Å². The molecule has 0 radical (unpaired) electrons. The van der Waals surface area contributed by atoms with Gasteiger partial charge in [-0.2, -0.15) is 0 Å². The number of hydrogen-bond acceptors (Lipinski definition) is 3. The number of carbonyl (C=O) groups is 2. The van der Waals surface area contributed by atoms with Crippen LogP contribution in [0.1, 0.15) is 15.9 Å². The van der Waals surface area contributed by atoms with Gasteiger partial charge in [0.15, 0.2) is 0 Å². The second kappa shape index (κ2) is 7.70. The molecule has 132 valence electrons. The van der Waals surface area contributed by atoms with Crippen LogP contribution < -0.4 is 15.8 Å². The Balaban J connectivity index is 1.80. The molecular formula is C21H20N2O3. The van der Waals surface area contributed by atoms with Crippen molar-refractivity contribution in [3.05, 3.63) is 77.9 Å². The molecule has 3 aromatic carbocycles. The highest BCUT2D eigenvalue weighted by Gasteiger charge is 2.20. The van der Waals surface area contributed by atoms with Crippen molar-refractivity contribution >= 4 is 22.6 Å². The van der Waals surface area contributed by atoms with Gasteiger partial charge < -0.3 is 15.8 Å². The lowest BCUT2D eigenvalue weighted by Gasteiger charge is -2.16. The monoisotopic (exact) mass is 348 g/mol. The molecule has 0 aliphatic heterocycles. The lowest BCUT2D eigenvalue weighted by molar-refractivity contribution is -0.119. The summed E-state index contributed by atoms with van der Waals surface area (Å²) in [6.45, 7) is 0. The molecule has 1 atom stereocenters. The van der Waals surface area contributed by atoms with Gasteiger partial charge in [0.1, 0.15) is 11.8 Å². The third kappa shape index (κ3) is 3.83. The van der Waals surface area contributed by atoms with Crippen LogP contribution in [0, 0.1) is 0 Å². The molecule has 0 heterocycles. The van der Waals surface area contributed by atoms with E-state index in [0.29, 0.717) is 12.0 Å². The second-order valence-corrected chi connectivity index (χ2v) is 6.01. The van der Waals surface area contributed by atoms with Crippen LogP contribution in [0.5, 0.6) is 5.75 Å². The quantitative estimate of drug-likeness (QED) is 0.718. The minimum absolute atomic E-state index is 0.315. The molecule has 0 spiro atoms. The summed E-state index contributed by atoms with van der Waals surface area (Å²) in [6, 6.07) is 19.6. The number of nitrogens with two attached hydrogens (primary N) is 1. The van der Waals surface area contributed by atoms with Gasteiger partial charge >= 0.3 is 0 Å². The molecule has 0 fully saturated rings. The lowest BCUT2D eigenvalue weighted by Crippen LogP contribution is -2.45. The third-order valence-corrected chi connectivity index (χ3v) is 4.28. The number of rotatable bonds is 6. The summed E-state index contributed by atoms with van der Waals surface area (Å²) < 4.78 is 5.12. The van der Waals surface area contributed by atoms with Gasteiger partial charge in [0, 0.05) is 12.0 Å². The molecule has 0 unspecified atom stereocenters. The first-order chi connectivity index (χ1) is 12.6. The molecule has 3 rings (SSSR count). The Kier molecular flexibility index (Phi) is 5.17. The fourth-order valence-electron chi connectivity index (χ4n) is 2.88. The average molecular weight is 348 g/mol. The summed E-state index contributed by atoms with van der Waals surface area (Å²) in [6.07, 6.45) is 0.315. The fraction of sp³-hybridized carbons (Fsp3) is 0.143. The summed E-state index contributed by atoms with van der Waals surface area (Å²) in [5.74, 6) is -0.169. The highest BCUT2D eigenvalue weighted by atomic mass is 16.5. The van der Waals surface area contributed by atoms with Crippen molar-refractivity contribution in [2.45, 2.75) is 12.5 Å². The van der Waals surface area contributed by atoms with Gasteiger partial charge in [-0.15, -0.1) is 0 Å². The Hall–Kier alpha value is -3.34. The first-order valence-corrected chi connectivity index (χ1v) is 8.29. The van der Waals surface area contributed by atoms with Crippen molar-refractivity contribution in [1.29, 1.82) is 0 Å². The maximum absolute atomic E-state index is 12.7. The standard InChI is InChI=1S/C21H20N2O3/c1-26-16-11-9-14(10-12-16)13-19(20(22)24)23-21(25)18-8-4-6-15-5-2-3-7-17(15)18/h2-12,19H,13H2,1H3,(H2,22,24)(H,23,25)/t19-/m0/s1. The summed E-state index contributed by atoms with van der Waals surface area (Å²) in [5, 5.41) is 4.55. The molecule has 0 aliphatic rings. The van der Waals surface area contributed by atoms with Crippen LogP contribution in [0.3, 0.4) is 0 Å². The van der Waals surface area contributed by atoms with Crippen molar-refractivity contribution in [1.82, 2.24) is 5.32 Å². The van der Waals surface area contributed by atoms with E-state index in [4.69, 9.17) is 10.5 Å². The lowest BCUT2D eigenvalue weighted by atomic mass is 10.0. The van der Waals surface area contributed by atoms with Gasteiger partial charge in [-0.25, -0.2) is 0 Å². The van der Waals surface area contributed by atoms with E-state index < -0.39 is 11.9 Å². The molecule has 5 nitrogen and oxygen atoms in total. The zero-order valence-electron chi connectivity index (χ0n) is 14.4. The molecule has 5 heteroatoms. The van der Waals surface area contributed by atoms with E-state index in [1.807, 2.05) is 48.5 Å². The smallest absolute Gasteiger partial charge is 0.252 e. The zero-order valence-corrected chi connectivity index (χ0v) is 14.4. The SMILES string of the molecule is COc1ccc(C[C@H](NC(=O)c2cccc3ccccc23)C(N)=O)cc1. The molecule has 0 bridgehead atoms. The maximum atomic E-state index is 12.7. The molecule has 26 heavy (non-hydrogen) atoms. The number of nitrogens with one attached hydrogen (secondary N) is 1. The normalized spacial score (nSPS) is 11.7. The van der Waals surface area contributed by atoms with Crippen molar-refractivity contribution in [3.63, 3.8) is 0 Å². The van der Waals surface area contributed by atoms with Gasteiger partial charge in [-0.1, -0.05) is 48.5 Å². The molecular weight excluding hydrogens is 328 g/mol. The van der Waals surface area contributed by atoms with Crippen LogP contribution in [0.4, 0.5) is 0 Å². The van der Waals surface area contributed by atoms with Crippen LogP contribution in [-0.4, -0.2) is 25.0 Å². The number of amides is 2. The van der Waals surface area contributed by atoms with E-state index in [-0.39, 0.29) is 5.91 Å². The minimum Gasteiger partial charge on any atom is -0.497 e. The van der Waals surface area contributed by atoms with Gasteiger partial charge in [0.2, 0.25) is 5.91 Å². The van der Waals surface area contributed by atoms with Crippen LogP contribution in [0.25, 0.3) is 10.8 Å². The predicted molar refractivity (Wildman–Crippen MR) is 101 cm³/mol. The van der Waals surface area contributed by atoms with E-state index in [1.165, 1.54) is 0 Å². The topological polar surface area (TPSA) is 81.4 Å². The van der Waals surface area contributed by atoms with Crippen molar-refractivity contribution < 1.29 is 14.3 Å². The van der Waals surface area contributed by atoms with Gasteiger partial charge in [0.25, 0.3) is 5.91 Å². The summed E-state index contributed by atoms with van der Waals surface area (Å²) in [5.41, 5.74) is 6.90. The van der Waals surface area contributed by atoms with Crippen molar-refractivity contribution in [2.24, 2.45) is 5.73 Å². The first kappa shape index (κ1) is 17.5. The second-order valence-electron chi connectivity index (χ2n) is 6.01. The predicted octanol–water partition coefficient (Wildman–Crippen LogP) is 2.67. The Morgan fingerprint density at radius 1 is 1.00 bits per heavy atom. The molecule has 2 amide bonds. The molecule has 0 saturated carbocycles. The van der Waals surface area contributed by atoms with Crippen LogP contribution >= 0.6 is 0 Å². The van der Waals surface area contributed by atoms with Crippen molar-refractivity contribution in [2.75, 3.05) is 7.11 Å². The van der Waals surface area contributed by atoms with Crippen LogP contribution in [-0.2, 0) is 11.2 Å². The zero-order chi connectivity index (χ0) is 18.5. The average Bonchev–Trinajstić information content (AvgIpc) is 2.67. The third-order valence-electron chi connectivity index (χ3n) is 4.28. The highest BCUT2D eigenvalue weighted by Crippen LogP contribution is 2.19. The highest BCUT2D eigenvalue weighted by molar-refractivity contribution is 6.08. The van der Waals surface area contributed by atoms with E-state index in [0.717, 1.165) is 22.1 Å². The van der Waals surface area contributed by atoms with E-state index >= 15 is 0 Å². The number of methoxy groups -OCH3 is 1. The summed E-state index contributed by atoms with van der Waals surface area (Å²) >= 11 is 0. The molecule has 0 aromatic heterocycles. The first-order valence-electron chi connectivity index (χ1n) is 8.29. The number of primary amides is 1. The number of carbonyl (C=O) groups excluding carboxylic acids is 2. The minimum atomic E-state index is -0.796. The number of hydrogen-bond donors (Lipinski definition) is 2. The van der Waals surface area contributed by atoms with E-state index in [9.17, 15) is 9.59 Å². The number of benzene rings is 3. The fourth-order valence-corrected chi connectivity index (χ4v) is 2.88. The molecule has 3 aromatic rings. The summed E-state index contributed by atoms with van der Waals surface area (Å²) in [7, 11) is 1.59. The summed E-state index contributed by atoms with van der Waals surface area (Å²) in [4.78, 5) is 24.6. The molecule has 0 saturated heterocycles. The molecule has 3 N–H and O–H groups in total. The maximum Gasteiger partial charge on any atom is 0.252 e. The molecule has 0 aliphatic carbocycles. The van der Waals surface area contributed by atoms with Crippen molar-refractivity contribution in [3.8, 4) is 5.75 Å². The van der Waals surface area contributed by atoms with Gasteiger partial charge in [-0.3, -0.25) is 9.59 Å². The van der Waals surface area contributed by atoms with E-state index in [2.05, 4.69) is 5.32 Å².